The van der Waals surface area contributed by atoms with Gasteiger partial charge in [0, 0.05) is 18.1 Å². The minimum absolute atomic E-state index is 0.224. The van der Waals surface area contributed by atoms with Crippen molar-refractivity contribution in [3.8, 4) is 0 Å². The Labute approximate surface area is 154 Å². The number of carbonyl (C=O) groups is 3. The highest BCUT2D eigenvalue weighted by atomic mass is 35.5. The fourth-order valence-electron chi connectivity index (χ4n) is 2.53. The first-order chi connectivity index (χ1) is 11.9. The second kappa shape index (κ2) is 9.03. The van der Waals surface area contributed by atoms with Gasteiger partial charge in [-0.05, 0) is 31.0 Å². The van der Waals surface area contributed by atoms with Gasteiger partial charge in [0.15, 0.2) is 0 Å². The third-order valence-electron chi connectivity index (χ3n) is 3.84. The van der Waals surface area contributed by atoms with Crippen molar-refractivity contribution in [1.82, 2.24) is 10.6 Å². The maximum absolute atomic E-state index is 12.0. The smallest absolute Gasteiger partial charge is 0.326 e. The van der Waals surface area contributed by atoms with Crippen molar-refractivity contribution in [3.05, 3.63) is 33.8 Å². The predicted molar refractivity (Wildman–Crippen MR) is 91.9 cm³/mol. The number of carboxylic acids is 1. The number of hydrogen-bond donors (Lipinski definition) is 3. The summed E-state index contributed by atoms with van der Waals surface area (Å²) in [5.74, 6) is -2.52. The minimum Gasteiger partial charge on any atom is -0.480 e. The van der Waals surface area contributed by atoms with Gasteiger partial charge in [0.25, 0.3) is 5.91 Å². The average Bonchev–Trinajstić information content (AvgIpc) is 2.60. The number of rotatable bonds is 6. The fraction of sp³-hybridized carbons (Fsp3) is 0.438. The van der Waals surface area contributed by atoms with Crippen LogP contribution < -0.4 is 10.6 Å². The van der Waals surface area contributed by atoms with E-state index in [1.165, 1.54) is 18.2 Å². The van der Waals surface area contributed by atoms with Crippen molar-refractivity contribution in [2.75, 3.05) is 19.8 Å². The molecule has 0 aliphatic carbocycles. The number of carboxylic acid groups (broad SMARTS) is 1. The highest BCUT2D eigenvalue weighted by Gasteiger charge is 2.31. The van der Waals surface area contributed by atoms with Crippen molar-refractivity contribution in [2.24, 2.45) is 5.92 Å². The van der Waals surface area contributed by atoms with Gasteiger partial charge in [-0.2, -0.15) is 0 Å². The summed E-state index contributed by atoms with van der Waals surface area (Å²) in [5, 5.41) is 14.7. The summed E-state index contributed by atoms with van der Waals surface area (Å²) in [6, 6.07) is 3.29. The zero-order chi connectivity index (χ0) is 18.4. The van der Waals surface area contributed by atoms with Gasteiger partial charge in [-0.15, -0.1) is 0 Å². The first-order valence-corrected chi connectivity index (χ1v) is 8.47. The molecule has 0 bridgehead atoms. The summed E-state index contributed by atoms with van der Waals surface area (Å²) in [5.41, 5.74) is 0.248. The molecule has 7 nitrogen and oxygen atoms in total. The second-order valence-corrected chi connectivity index (χ2v) is 6.49. The lowest BCUT2D eigenvalue weighted by atomic mass is 9.93. The maximum atomic E-state index is 12.0. The lowest BCUT2D eigenvalue weighted by Gasteiger charge is -2.28. The van der Waals surface area contributed by atoms with Crippen molar-refractivity contribution < 1.29 is 24.2 Å². The molecule has 136 valence electrons. The molecule has 1 fully saturated rings. The van der Waals surface area contributed by atoms with E-state index in [0.29, 0.717) is 18.1 Å². The Balaban J connectivity index is 1.88. The molecule has 1 aromatic rings. The quantitative estimate of drug-likeness (QED) is 0.687. The van der Waals surface area contributed by atoms with Gasteiger partial charge in [-0.25, -0.2) is 4.79 Å². The van der Waals surface area contributed by atoms with Crippen LogP contribution in [0.1, 0.15) is 23.2 Å². The summed E-state index contributed by atoms with van der Waals surface area (Å²) in [6.07, 6.45) is 1.41. The van der Waals surface area contributed by atoms with E-state index in [4.69, 9.17) is 27.9 Å². The summed E-state index contributed by atoms with van der Waals surface area (Å²) in [7, 11) is 0. The van der Waals surface area contributed by atoms with E-state index >= 15 is 0 Å². The third kappa shape index (κ3) is 5.59. The SMILES string of the molecule is O=C(CNC(=O)c1ccc(Cl)c(Cl)c1)NC(C(=O)O)C1CCCOC1. The van der Waals surface area contributed by atoms with Crippen LogP contribution in [0.4, 0.5) is 0 Å². The van der Waals surface area contributed by atoms with Gasteiger partial charge in [0.2, 0.25) is 5.91 Å². The van der Waals surface area contributed by atoms with Crippen LogP contribution in [-0.2, 0) is 14.3 Å². The van der Waals surface area contributed by atoms with Gasteiger partial charge in [-0.3, -0.25) is 9.59 Å². The Morgan fingerprint density at radius 1 is 1.28 bits per heavy atom. The Kier molecular flexibility index (Phi) is 7.04. The van der Waals surface area contributed by atoms with Crippen LogP contribution in [-0.4, -0.2) is 48.7 Å². The Morgan fingerprint density at radius 3 is 2.64 bits per heavy atom. The van der Waals surface area contributed by atoms with Crippen LogP contribution in [0.2, 0.25) is 10.0 Å². The molecule has 0 saturated carbocycles. The lowest BCUT2D eigenvalue weighted by Crippen LogP contribution is -2.51. The van der Waals surface area contributed by atoms with Crippen LogP contribution in [0, 0.1) is 5.92 Å². The van der Waals surface area contributed by atoms with E-state index in [0.717, 1.165) is 6.42 Å². The molecule has 3 N–H and O–H groups in total. The number of halogens is 2. The zero-order valence-corrected chi connectivity index (χ0v) is 14.8. The number of hydrogen-bond acceptors (Lipinski definition) is 4. The van der Waals surface area contributed by atoms with Crippen molar-refractivity contribution >= 4 is 41.0 Å². The number of amides is 2. The maximum Gasteiger partial charge on any atom is 0.326 e. The van der Waals surface area contributed by atoms with Crippen molar-refractivity contribution in [3.63, 3.8) is 0 Å². The summed E-state index contributed by atoms with van der Waals surface area (Å²) in [4.78, 5) is 35.4. The average molecular weight is 389 g/mol. The van der Waals surface area contributed by atoms with E-state index in [9.17, 15) is 19.5 Å². The largest absolute Gasteiger partial charge is 0.480 e. The molecule has 1 aliphatic rings. The second-order valence-electron chi connectivity index (χ2n) is 5.67. The minimum atomic E-state index is -1.13. The molecule has 0 aromatic heterocycles. The van der Waals surface area contributed by atoms with Gasteiger partial charge in [0.05, 0.1) is 23.2 Å². The summed E-state index contributed by atoms with van der Waals surface area (Å²) >= 11 is 11.6. The molecular weight excluding hydrogens is 371 g/mol. The topological polar surface area (TPSA) is 105 Å². The monoisotopic (exact) mass is 388 g/mol. The fourth-order valence-corrected chi connectivity index (χ4v) is 2.83. The molecule has 2 atom stereocenters. The molecule has 1 aliphatic heterocycles. The molecule has 1 saturated heterocycles. The van der Waals surface area contributed by atoms with Crippen LogP contribution in [0.5, 0.6) is 0 Å². The number of nitrogens with one attached hydrogen (secondary N) is 2. The van der Waals surface area contributed by atoms with Gasteiger partial charge in [-0.1, -0.05) is 23.2 Å². The van der Waals surface area contributed by atoms with E-state index in [-0.39, 0.29) is 29.7 Å². The van der Waals surface area contributed by atoms with Crippen LogP contribution in [0.15, 0.2) is 18.2 Å². The molecule has 1 heterocycles. The molecular formula is C16H18Cl2N2O5. The van der Waals surface area contributed by atoms with Gasteiger partial charge >= 0.3 is 5.97 Å². The predicted octanol–water partition coefficient (Wildman–Crippen LogP) is 1.72. The summed E-state index contributed by atoms with van der Waals surface area (Å²) < 4.78 is 5.26. The first kappa shape index (κ1) is 19.5. The van der Waals surface area contributed by atoms with Crippen LogP contribution >= 0.6 is 23.2 Å². The number of benzene rings is 1. The van der Waals surface area contributed by atoms with Gasteiger partial charge in [0.1, 0.15) is 6.04 Å². The molecule has 2 unspecified atom stereocenters. The number of ether oxygens (including phenoxy) is 1. The third-order valence-corrected chi connectivity index (χ3v) is 4.58. The van der Waals surface area contributed by atoms with Crippen molar-refractivity contribution in [1.29, 1.82) is 0 Å². The number of carbonyl (C=O) groups excluding carboxylic acids is 2. The van der Waals surface area contributed by atoms with E-state index < -0.39 is 23.8 Å². The lowest BCUT2D eigenvalue weighted by molar-refractivity contribution is -0.145. The normalized spacial score (nSPS) is 18.2. The Morgan fingerprint density at radius 2 is 2.04 bits per heavy atom. The molecule has 9 heteroatoms. The highest BCUT2D eigenvalue weighted by molar-refractivity contribution is 6.42. The van der Waals surface area contributed by atoms with Crippen molar-refractivity contribution in [2.45, 2.75) is 18.9 Å². The first-order valence-electron chi connectivity index (χ1n) is 7.71. The Bertz CT molecular complexity index is 662. The molecule has 0 radical (unpaired) electrons. The van der Waals surface area contributed by atoms with Gasteiger partial charge < -0.3 is 20.5 Å². The standard InChI is InChI=1S/C16H18Cl2N2O5/c17-11-4-3-9(6-12(11)18)15(22)19-7-13(21)20-14(16(23)24)10-2-1-5-25-8-10/h3-4,6,10,14H,1-2,5,7-8H2,(H,19,22)(H,20,21)(H,23,24). The molecule has 25 heavy (non-hydrogen) atoms. The van der Waals surface area contributed by atoms with Crippen LogP contribution in [0.3, 0.4) is 0 Å². The summed E-state index contributed by atoms with van der Waals surface area (Å²) in [6.45, 7) is 0.528. The molecule has 2 rings (SSSR count). The van der Waals surface area contributed by atoms with E-state index in [1.54, 1.807) is 0 Å². The highest BCUT2D eigenvalue weighted by Crippen LogP contribution is 2.22. The van der Waals surface area contributed by atoms with E-state index in [2.05, 4.69) is 10.6 Å². The Hall–Kier alpha value is -1.83. The molecule has 0 spiro atoms. The molecule has 2 amide bonds. The van der Waals surface area contributed by atoms with Crippen LogP contribution in [0.25, 0.3) is 0 Å². The zero-order valence-electron chi connectivity index (χ0n) is 13.3. The van der Waals surface area contributed by atoms with E-state index in [1.807, 2.05) is 0 Å². The number of aliphatic carboxylic acids is 1. The molecule has 1 aromatic carbocycles.